The zero-order valence-corrected chi connectivity index (χ0v) is 13.3. The summed E-state index contributed by atoms with van der Waals surface area (Å²) in [6.07, 6.45) is 3.74. The average Bonchev–Trinajstić information content (AvgIpc) is 2.62. The highest BCUT2D eigenvalue weighted by molar-refractivity contribution is 5.96. The van der Waals surface area contributed by atoms with Crippen LogP contribution in [0.2, 0.25) is 0 Å². The van der Waals surface area contributed by atoms with E-state index in [4.69, 9.17) is 0 Å². The summed E-state index contributed by atoms with van der Waals surface area (Å²) in [6.45, 7) is 0. The second-order valence-corrected chi connectivity index (χ2v) is 5.35. The Balaban J connectivity index is 0.00000156. The van der Waals surface area contributed by atoms with Crippen LogP contribution in [-0.4, -0.2) is 4.98 Å². The van der Waals surface area contributed by atoms with Crippen molar-refractivity contribution in [2.75, 3.05) is 0 Å². The van der Waals surface area contributed by atoms with Crippen LogP contribution in [-0.2, 0) is 0 Å². The lowest BCUT2D eigenvalue weighted by Gasteiger charge is -2.12. The third kappa shape index (κ3) is 2.96. The first-order valence-corrected chi connectivity index (χ1v) is 7.40. The molecule has 0 aliphatic carbocycles. The van der Waals surface area contributed by atoms with Gasteiger partial charge in [-0.25, -0.2) is 0 Å². The first-order chi connectivity index (χ1) is 10.9. The predicted molar refractivity (Wildman–Crippen MR) is 99.9 cm³/mol. The highest BCUT2D eigenvalue weighted by Crippen LogP contribution is 2.35. The maximum atomic E-state index is 4.28. The minimum Gasteiger partial charge on any atom is -0.264 e. The molecule has 23 heavy (non-hydrogen) atoms. The fraction of sp³-hybridized carbons (Fsp3) is 0. The van der Waals surface area contributed by atoms with E-state index in [-0.39, 0.29) is 12.4 Å². The van der Waals surface area contributed by atoms with E-state index >= 15 is 0 Å². The molecule has 1 heterocycles. The van der Waals surface area contributed by atoms with Crippen molar-refractivity contribution in [1.82, 2.24) is 4.98 Å². The molecule has 0 radical (unpaired) electrons. The van der Waals surface area contributed by atoms with Gasteiger partial charge in [0.1, 0.15) is 0 Å². The molecule has 0 bridgehead atoms. The van der Waals surface area contributed by atoms with Gasteiger partial charge in [-0.3, -0.25) is 4.98 Å². The van der Waals surface area contributed by atoms with Gasteiger partial charge in [-0.1, -0.05) is 60.7 Å². The Morgan fingerprint density at radius 3 is 1.74 bits per heavy atom. The summed E-state index contributed by atoms with van der Waals surface area (Å²) in [6, 6.07) is 27.6. The standard InChI is InChI=1S/C21H15N.ClH/c1-2-7-16(8-3-1)20-13-17-9-4-5-10-18(17)14-21(20)19-11-6-12-22-15-19;/h1-15H;1H. The fourth-order valence-electron chi connectivity index (χ4n) is 2.86. The topological polar surface area (TPSA) is 12.9 Å². The number of halogens is 1. The number of hydrogen-bond donors (Lipinski definition) is 0. The molecule has 0 saturated heterocycles. The molecule has 0 saturated carbocycles. The molecule has 1 aromatic heterocycles. The average molecular weight is 318 g/mol. The lowest BCUT2D eigenvalue weighted by Crippen LogP contribution is -1.87. The molecule has 1 nitrogen and oxygen atoms in total. The molecule has 0 unspecified atom stereocenters. The Hall–Kier alpha value is -2.64. The van der Waals surface area contributed by atoms with Crippen LogP contribution in [0, 0.1) is 0 Å². The van der Waals surface area contributed by atoms with Crippen molar-refractivity contribution in [3.63, 3.8) is 0 Å². The number of benzene rings is 3. The summed E-state index contributed by atoms with van der Waals surface area (Å²) in [7, 11) is 0. The molecule has 2 heteroatoms. The van der Waals surface area contributed by atoms with Gasteiger partial charge in [-0.15, -0.1) is 12.4 Å². The lowest BCUT2D eigenvalue weighted by molar-refractivity contribution is 1.33. The molecule has 4 aromatic rings. The Bertz CT molecular complexity index is 840. The van der Waals surface area contributed by atoms with E-state index in [0.717, 1.165) is 5.56 Å². The highest BCUT2D eigenvalue weighted by atomic mass is 35.5. The van der Waals surface area contributed by atoms with Crippen LogP contribution >= 0.6 is 12.4 Å². The molecular formula is C21H16ClN. The zero-order chi connectivity index (χ0) is 14.8. The summed E-state index contributed by atoms with van der Waals surface area (Å²) in [5, 5.41) is 2.51. The van der Waals surface area contributed by atoms with E-state index in [0.29, 0.717) is 0 Å². The Kier molecular flexibility index (Phi) is 4.40. The number of rotatable bonds is 2. The number of fused-ring (bicyclic) bond motifs is 1. The Morgan fingerprint density at radius 2 is 1.13 bits per heavy atom. The van der Waals surface area contributed by atoms with E-state index < -0.39 is 0 Å². The highest BCUT2D eigenvalue weighted by Gasteiger charge is 2.09. The summed E-state index contributed by atoms with van der Waals surface area (Å²) in [4.78, 5) is 4.28. The normalized spacial score (nSPS) is 10.3. The maximum absolute atomic E-state index is 4.28. The van der Waals surface area contributed by atoms with Crippen LogP contribution in [0.5, 0.6) is 0 Å². The van der Waals surface area contributed by atoms with Gasteiger partial charge in [-0.05, 0) is 45.7 Å². The predicted octanol–water partition coefficient (Wildman–Crippen LogP) is 5.99. The Labute approximate surface area is 142 Å². The van der Waals surface area contributed by atoms with Crippen molar-refractivity contribution in [2.24, 2.45) is 0 Å². The van der Waals surface area contributed by atoms with Crippen LogP contribution in [0.25, 0.3) is 33.0 Å². The van der Waals surface area contributed by atoms with Crippen molar-refractivity contribution in [3.8, 4) is 22.3 Å². The molecule has 0 fully saturated rings. The van der Waals surface area contributed by atoms with E-state index in [1.165, 1.54) is 27.5 Å². The molecule has 0 N–H and O–H groups in total. The van der Waals surface area contributed by atoms with Crippen molar-refractivity contribution >= 4 is 23.2 Å². The monoisotopic (exact) mass is 317 g/mol. The largest absolute Gasteiger partial charge is 0.264 e. The second-order valence-electron chi connectivity index (χ2n) is 5.35. The molecule has 0 aliphatic rings. The van der Waals surface area contributed by atoms with Gasteiger partial charge in [0.25, 0.3) is 0 Å². The van der Waals surface area contributed by atoms with Crippen molar-refractivity contribution in [2.45, 2.75) is 0 Å². The van der Waals surface area contributed by atoms with E-state index in [2.05, 4.69) is 71.7 Å². The van der Waals surface area contributed by atoms with Gasteiger partial charge < -0.3 is 0 Å². The summed E-state index contributed by atoms with van der Waals surface area (Å²) in [5.41, 5.74) is 4.84. The van der Waals surface area contributed by atoms with Crippen molar-refractivity contribution in [3.05, 3.63) is 91.3 Å². The second kappa shape index (κ2) is 6.64. The van der Waals surface area contributed by atoms with Gasteiger partial charge in [-0.2, -0.15) is 0 Å². The third-order valence-corrected chi connectivity index (χ3v) is 3.94. The van der Waals surface area contributed by atoms with Gasteiger partial charge >= 0.3 is 0 Å². The molecule has 3 aromatic carbocycles. The fourth-order valence-corrected chi connectivity index (χ4v) is 2.86. The quantitative estimate of drug-likeness (QED) is 0.442. The lowest BCUT2D eigenvalue weighted by atomic mass is 9.92. The first-order valence-electron chi connectivity index (χ1n) is 7.40. The first kappa shape index (κ1) is 15.3. The number of aromatic nitrogens is 1. The van der Waals surface area contributed by atoms with Crippen LogP contribution in [0.4, 0.5) is 0 Å². The molecule has 0 atom stereocenters. The SMILES string of the molecule is Cl.c1ccc(-c2cc3ccccc3cc2-c2cccnc2)cc1. The number of nitrogens with zero attached hydrogens (tertiary/aromatic N) is 1. The van der Waals surface area contributed by atoms with Gasteiger partial charge in [0.15, 0.2) is 0 Å². The van der Waals surface area contributed by atoms with Crippen LogP contribution in [0.15, 0.2) is 91.3 Å². The summed E-state index contributed by atoms with van der Waals surface area (Å²) in [5.74, 6) is 0. The van der Waals surface area contributed by atoms with E-state index in [9.17, 15) is 0 Å². The number of pyridine rings is 1. The third-order valence-electron chi connectivity index (χ3n) is 3.94. The van der Waals surface area contributed by atoms with Crippen molar-refractivity contribution < 1.29 is 0 Å². The summed E-state index contributed by atoms with van der Waals surface area (Å²) >= 11 is 0. The van der Waals surface area contributed by atoms with Crippen LogP contribution < -0.4 is 0 Å². The van der Waals surface area contributed by atoms with Crippen LogP contribution in [0.1, 0.15) is 0 Å². The molecule has 4 rings (SSSR count). The van der Waals surface area contributed by atoms with Gasteiger partial charge in [0.2, 0.25) is 0 Å². The van der Waals surface area contributed by atoms with Crippen molar-refractivity contribution in [1.29, 1.82) is 0 Å². The molecular weight excluding hydrogens is 302 g/mol. The number of hydrogen-bond acceptors (Lipinski definition) is 1. The minimum absolute atomic E-state index is 0. The smallest absolute Gasteiger partial charge is 0.0346 e. The zero-order valence-electron chi connectivity index (χ0n) is 12.5. The molecule has 0 spiro atoms. The van der Waals surface area contributed by atoms with Crippen LogP contribution in [0.3, 0.4) is 0 Å². The van der Waals surface area contributed by atoms with Gasteiger partial charge in [0.05, 0.1) is 0 Å². The minimum atomic E-state index is 0. The Morgan fingerprint density at radius 1 is 0.565 bits per heavy atom. The van der Waals surface area contributed by atoms with E-state index in [1.54, 1.807) is 0 Å². The molecule has 0 aliphatic heterocycles. The maximum Gasteiger partial charge on any atom is 0.0346 e. The van der Waals surface area contributed by atoms with E-state index in [1.807, 2.05) is 24.5 Å². The summed E-state index contributed by atoms with van der Waals surface area (Å²) < 4.78 is 0. The van der Waals surface area contributed by atoms with Gasteiger partial charge in [0, 0.05) is 18.0 Å². The molecule has 0 amide bonds. The molecule has 112 valence electrons.